The van der Waals surface area contributed by atoms with Crippen LogP contribution >= 0.6 is 11.3 Å². The van der Waals surface area contributed by atoms with Crippen LogP contribution in [0.2, 0.25) is 0 Å². The lowest BCUT2D eigenvalue weighted by atomic mass is 9.91. The lowest BCUT2D eigenvalue weighted by Crippen LogP contribution is -2.32. The summed E-state index contributed by atoms with van der Waals surface area (Å²) in [6.07, 6.45) is -0.825. The van der Waals surface area contributed by atoms with E-state index < -0.39 is 17.3 Å². The Kier molecular flexibility index (Phi) is 2.76. The average molecular weight is 326 g/mol. The molecule has 1 aliphatic carbocycles. The molecule has 1 aliphatic heterocycles. The minimum atomic E-state index is -4.39. The van der Waals surface area contributed by atoms with Gasteiger partial charge in [-0.1, -0.05) is 11.3 Å². The smallest absolute Gasteiger partial charge is 0.416 e. The average Bonchev–Trinajstić information content (AvgIpc) is 3.05. The van der Waals surface area contributed by atoms with Gasteiger partial charge in [0, 0.05) is 5.56 Å². The molecule has 2 aliphatic rings. The van der Waals surface area contributed by atoms with Crippen LogP contribution in [0, 0.1) is 0 Å². The van der Waals surface area contributed by atoms with Gasteiger partial charge in [-0.15, -0.1) is 0 Å². The summed E-state index contributed by atoms with van der Waals surface area (Å²) in [5.41, 5.74) is 5.85. The first-order chi connectivity index (χ1) is 10.4. The third-order valence-electron chi connectivity index (χ3n) is 4.34. The zero-order chi connectivity index (χ0) is 15.5. The molecule has 3 nitrogen and oxygen atoms in total. The van der Waals surface area contributed by atoms with Gasteiger partial charge in [0.05, 0.1) is 16.1 Å². The fraction of sp³-hybridized carbons (Fsp3) is 0.400. The number of anilines is 1. The molecule has 0 radical (unpaired) electrons. The van der Waals surface area contributed by atoms with Crippen LogP contribution in [-0.4, -0.2) is 4.98 Å². The minimum Gasteiger partial charge on any atom is -0.481 e. The molecule has 0 bridgehead atoms. The molecule has 1 saturated carbocycles. The summed E-state index contributed by atoms with van der Waals surface area (Å²) < 4.78 is 44.9. The van der Waals surface area contributed by atoms with Crippen LogP contribution in [0.5, 0.6) is 5.75 Å². The maximum atomic E-state index is 12.9. The van der Waals surface area contributed by atoms with Gasteiger partial charge >= 0.3 is 6.18 Å². The number of aromatic nitrogens is 1. The molecule has 4 rings (SSSR count). The molecule has 1 aromatic carbocycles. The van der Waals surface area contributed by atoms with Crippen LogP contribution in [-0.2, 0) is 11.8 Å². The van der Waals surface area contributed by atoms with Crippen molar-refractivity contribution in [3.63, 3.8) is 0 Å². The number of nitrogens with zero attached hydrogens (tertiary/aromatic N) is 1. The van der Waals surface area contributed by atoms with E-state index in [1.807, 2.05) is 0 Å². The maximum Gasteiger partial charge on any atom is 0.416 e. The molecule has 1 spiro atoms. The molecule has 0 unspecified atom stereocenters. The van der Waals surface area contributed by atoms with E-state index in [0.717, 1.165) is 42.7 Å². The van der Waals surface area contributed by atoms with Crippen LogP contribution in [0.1, 0.15) is 36.1 Å². The molecule has 116 valence electrons. The molecule has 2 N–H and O–H groups in total. The number of rotatable bonds is 0. The molecule has 2 aromatic rings. The Bertz CT molecular complexity index is 748. The van der Waals surface area contributed by atoms with Crippen molar-refractivity contribution in [3.8, 4) is 17.0 Å². The van der Waals surface area contributed by atoms with Gasteiger partial charge in [-0.25, -0.2) is 4.98 Å². The van der Waals surface area contributed by atoms with Crippen molar-refractivity contribution in [1.29, 1.82) is 0 Å². The highest BCUT2D eigenvalue weighted by Crippen LogP contribution is 2.54. The summed E-state index contributed by atoms with van der Waals surface area (Å²) in [6, 6.07) is 3.57. The molecule has 7 heteroatoms. The summed E-state index contributed by atoms with van der Waals surface area (Å²) in [7, 11) is 0. The largest absolute Gasteiger partial charge is 0.481 e. The lowest BCUT2D eigenvalue weighted by Gasteiger charge is -2.35. The number of alkyl halides is 3. The molecule has 1 fully saturated rings. The van der Waals surface area contributed by atoms with Gasteiger partial charge in [0.2, 0.25) is 0 Å². The van der Waals surface area contributed by atoms with E-state index in [2.05, 4.69) is 4.98 Å². The SMILES string of the molecule is Nc1nc2c(s1)C1(CCCC1)Oc1cc(C(F)(F)F)ccc1-2. The van der Waals surface area contributed by atoms with Crippen molar-refractivity contribution in [1.82, 2.24) is 4.98 Å². The van der Waals surface area contributed by atoms with E-state index in [1.165, 1.54) is 17.4 Å². The van der Waals surface area contributed by atoms with Crippen molar-refractivity contribution < 1.29 is 17.9 Å². The predicted octanol–water partition coefficient (Wildman–Crippen LogP) is 4.57. The van der Waals surface area contributed by atoms with Gasteiger partial charge in [0.1, 0.15) is 11.4 Å². The van der Waals surface area contributed by atoms with Gasteiger partial charge in [-0.05, 0) is 43.9 Å². The molecule has 2 heterocycles. The van der Waals surface area contributed by atoms with Crippen molar-refractivity contribution >= 4 is 16.5 Å². The van der Waals surface area contributed by atoms with E-state index >= 15 is 0 Å². The summed E-state index contributed by atoms with van der Waals surface area (Å²) in [5, 5.41) is 0.424. The number of thiazole rings is 1. The van der Waals surface area contributed by atoms with Crippen molar-refractivity contribution in [2.24, 2.45) is 0 Å². The molecule has 1 aromatic heterocycles. The second kappa shape index (κ2) is 4.38. The Morgan fingerprint density at radius 3 is 2.64 bits per heavy atom. The van der Waals surface area contributed by atoms with Gasteiger partial charge in [0.15, 0.2) is 5.13 Å². The standard InChI is InChI=1S/C15H13F3N2OS/c16-15(17,18)8-3-4-9-10(7-8)21-14(5-1-2-6-14)12-11(9)20-13(19)22-12/h3-4,7H,1-2,5-6H2,(H2,19,20). The predicted molar refractivity (Wildman–Crippen MR) is 77.7 cm³/mol. The van der Waals surface area contributed by atoms with Gasteiger partial charge in [0.25, 0.3) is 0 Å². The molecule has 0 amide bonds. The van der Waals surface area contributed by atoms with Crippen LogP contribution < -0.4 is 10.5 Å². The van der Waals surface area contributed by atoms with Gasteiger partial charge < -0.3 is 10.5 Å². The number of benzene rings is 1. The van der Waals surface area contributed by atoms with Crippen LogP contribution in [0.25, 0.3) is 11.3 Å². The zero-order valence-corrected chi connectivity index (χ0v) is 12.4. The first kappa shape index (κ1) is 13.9. The summed E-state index contributed by atoms with van der Waals surface area (Å²) >= 11 is 1.38. The zero-order valence-electron chi connectivity index (χ0n) is 11.5. The van der Waals surface area contributed by atoms with Gasteiger partial charge in [-0.3, -0.25) is 0 Å². The van der Waals surface area contributed by atoms with E-state index in [0.29, 0.717) is 16.4 Å². The molecule has 0 atom stereocenters. The monoisotopic (exact) mass is 326 g/mol. The molecular weight excluding hydrogens is 313 g/mol. The Morgan fingerprint density at radius 1 is 1.23 bits per heavy atom. The number of hydrogen-bond acceptors (Lipinski definition) is 4. The first-order valence-electron chi connectivity index (χ1n) is 7.06. The quantitative estimate of drug-likeness (QED) is 0.771. The van der Waals surface area contributed by atoms with Crippen molar-refractivity contribution in [3.05, 3.63) is 28.6 Å². The van der Waals surface area contributed by atoms with Crippen molar-refractivity contribution in [2.45, 2.75) is 37.5 Å². The summed E-state index contributed by atoms with van der Waals surface area (Å²) in [5.74, 6) is 0.259. The normalized spacial score (nSPS) is 18.9. The topological polar surface area (TPSA) is 48.1 Å². The number of nitrogens with two attached hydrogens (primary N) is 1. The van der Waals surface area contributed by atoms with Crippen molar-refractivity contribution in [2.75, 3.05) is 5.73 Å². The highest BCUT2D eigenvalue weighted by atomic mass is 32.1. The fourth-order valence-electron chi connectivity index (χ4n) is 3.34. The Morgan fingerprint density at radius 2 is 1.95 bits per heavy atom. The van der Waals surface area contributed by atoms with E-state index in [-0.39, 0.29) is 5.75 Å². The number of fused-ring (bicyclic) bond motifs is 4. The Balaban J connectivity index is 1.92. The van der Waals surface area contributed by atoms with Crippen LogP contribution in [0.3, 0.4) is 0 Å². The summed E-state index contributed by atoms with van der Waals surface area (Å²) in [4.78, 5) is 5.29. The van der Waals surface area contributed by atoms with E-state index in [1.54, 1.807) is 0 Å². The molecule has 22 heavy (non-hydrogen) atoms. The summed E-state index contributed by atoms with van der Waals surface area (Å²) in [6.45, 7) is 0. The number of halogens is 3. The third kappa shape index (κ3) is 1.91. The fourth-order valence-corrected chi connectivity index (χ4v) is 4.37. The van der Waals surface area contributed by atoms with Gasteiger partial charge in [-0.2, -0.15) is 13.2 Å². The second-order valence-electron chi connectivity index (χ2n) is 5.74. The minimum absolute atomic E-state index is 0.259. The number of nitrogen functional groups attached to an aromatic ring is 1. The highest BCUT2D eigenvalue weighted by molar-refractivity contribution is 7.16. The number of hydrogen-bond donors (Lipinski definition) is 1. The highest BCUT2D eigenvalue weighted by Gasteiger charge is 2.46. The Labute approximate surface area is 128 Å². The second-order valence-corrected chi connectivity index (χ2v) is 6.77. The van der Waals surface area contributed by atoms with E-state index in [4.69, 9.17) is 10.5 Å². The Hall–Kier alpha value is -1.76. The first-order valence-corrected chi connectivity index (χ1v) is 7.88. The van der Waals surface area contributed by atoms with Crippen LogP contribution in [0.4, 0.5) is 18.3 Å². The molecular formula is C15H13F3N2OS. The number of ether oxygens (including phenoxy) is 1. The maximum absolute atomic E-state index is 12.9. The van der Waals surface area contributed by atoms with Crippen LogP contribution in [0.15, 0.2) is 18.2 Å². The lowest BCUT2D eigenvalue weighted by molar-refractivity contribution is -0.137. The third-order valence-corrected chi connectivity index (χ3v) is 5.41. The molecule has 0 saturated heterocycles. The van der Waals surface area contributed by atoms with E-state index in [9.17, 15) is 13.2 Å².